The summed E-state index contributed by atoms with van der Waals surface area (Å²) in [6, 6.07) is 7.71. The first kappa shape index (κ1) is 16.7. The number of hydrogen-bond acceptors (Lipinski definition) is 3. The van der Waals surface area contributed by atoms with E-state index in [1.165, 1.54) is 30.3 Å². The van der Waals surface area contributed by atoms with Gasteiger partial charge in [-0.05, 0) is 34.1 Å². The molecule has 2 rings (SSSR count). The van der Waals surface area contributed by atoms with Crippen LogP contribution in [0.3, 0.4) is 0 Å². The van der Waals surface area contributed by atoms with Gasteiger partial charge in [0, 0.05) is 22.0 Å². The van der Waals surface area contributed by atoms with Gasteiger partial charge in [0.2, 0.25) is 0 Å². The quantitative estimate of drug-likeness (QED) is 0.748. The van der Waals surface area contributed by atoms with Crippen LogP contribution in [0.2, 0.25) is 5.02 Å². The Morgan fingerprint density at radius 2 is 1.91 bits per heavy atom. The first-order valence-corrected chi connectivity index (χ1v) is 7.31. The van der Waals surface area contributed by atoms with Crippen LogP contribution in [0.4, 0.5) is 4.39 Å². The zero-order valence-corrected chi connectivity index (χ0v) is 13.4. The van der Waals surface area contributed by atoms with Gasteiger partial charge in [-0.2, -0.15) is 0 Å². The highest BCUT2D eigenvalue weighted by Crippen LogP contribution is 2.38. The molecule has 0 aliphatic rings. The van der Waals surface area contributed by atoms with Crippen molar-refractivity contribution in [2.45, 2.75) is 12.0 Å². The molecule has 0 spiro atoms. The lowest BCUT2D eigenvalue weighted by Crippen LogP contribution is -2.39. The fraction of sp³-hybridized carbons (Fsp3) is 0.133. The number of rotatable bonds is 4. The second kappa shape index (κ2) is 6.24. The Balaban J connectivity index is 2.58. The van der Waals surface area contributed by atoms with Gasteiger partial charge in [0.25, 0.3) is 0 Å². The van der Waals surface area contributed by atoms with Crippen molar-refractivity contribution in [1.82, 2.24) is 0 Å². The molecule has 1 atom stereocenters. The van der Waals surface area contributed by atoms with Gasteiger partial charge in [-0.15, -0.1) is 0 Å². The van der Waals surface area contributed by atoms with Gasteiger partial charge in [0.1, 0.15) is 11.6 Å². The van der Waals surface area contributed by atoms with E-state index in [-0.39, 0.29) is 20.8 Å². The Labute approximate surface area is 138 Å². The normalized spacial score (nSPS) is 13.6. The Kier molecular flexibility index (Phi) is 4.75. The van der Waals surface area contributed by atoms with E-state index in [0.29, 0.717) is 0 Å². The molecule has 0 aliphatic heterocycles. The highest BCUT2D eigenvalue weighted by molar-refractivity contribution is 9.10. The van der Waals surface area contributed by atoms with E-state index < -0.39 is 29.4 Å². The third-order valence-electron chi connectivity index (χ3n) is 3.28. The van der Waals surface area contributed by atoms with E-state index in [4.69, 9.17) is 11.6 Å². The average molecular weight is 390 g/mol. The van der Waals surface area contributed by atoms with Crippen LogP contribution in [0, 0.1) is 5.82 Å². The number of aliphatic hydroxyl groups is 1. The number of carboxylic acids is 1. The number of carbonyl (C=O) groups is 1. The maximum absolute atomic E-state index is 13.9. The smallest absolute Gasteiger partial charge is 0.340 e. The summed E-state index contributed by atoms with van der Waals surface area (Å²) in [6.45, 7) is 0. The molecule has 0 bridgehead atoms. The first-order valence-electron chi connectivity index (χ1n) is 6.14. The van der Waals surface area contributed by atoms with Crippen LogP contribution in [0.15, 0.2) is 40.9 Å². The molecule has 0 heterocycles. The maximum Gasteiger partial charge on any atom is 0.340 e. The van der Waals surface area contributed by atoms with Crippen LogP contribution in [0.5, 0.6) is 5.75 Å². The maximum atomic E-state index is 13.9. The summed E-state index contributed by atoms with van der Waals surface area (Å²) >= 11 is 9.04. The molecule has 7 heteroatoms. The van der Waals surface area contributed by atoms with E-state index >= 15 is 0 Å². The molecule has 0 amide bonds. The minimum atomic E-state index is -2.55. The van der Waals surface area contributed by atoms with Crippen molar-refractivity contribution in [3.8, 4) is 5.75 Å². The van der Waals surface area contributed by atoms with Gasteiger partial charge < -0.3 is 15.3 Å². The molecule has 0 saturated heterocycles. The molecule has 1 unspecified atom stereocenters. The molecule has 2 aromatic rings. The lowest BCUT2D eigenvalue weighted by atomic mass is 9.86. The summed E-state index contributed by atoms with van der Waals surface area (Å²) < 4.78 is 14.1. The zero-order valence-electron chi connectivity index (χ0n) is 11.1. The third kappa shape index (κ3) is 2.95. The molecule has 0 fully saturated rings. The lowest BCUT2D eigenvalue weighted by molar-refractivity contribution is -0.160. The first-order chi connectivity index (χ1) is 10.3. The van der Waals surface area contributed by atoms with E-state index in [9.17, 15) is 24.5 Å². The Hall–Kier alpha value is -1.63. The summed E-state index contributed by atoms with van der Waals surface area (Å²) in [5.41, 5.74) is -2.87. The fourth-order valence-corrected chi connectivity index (χ4v) is 2.74. The van der Waals surface area contributed by atoms with Crippen molar-refractivity contribution in [2.75, 3.05) is 0 Å². The Morgan fingerprint density at radius 3 is 2.50 bits per heavy atom. The molecule has 0 aliphatic carbocycles. The lowest BCUT2D eigenvalue weighted by Gasteiger charge is -2.25. The largest absolute Gasteiger partial charge is 0.508 e. The number of phenols is 1. The van der Waals surface area contributed by atoms with Gasteiger partial charge in [0.05, 0.1) is 5.02 Å². The Bertz CT molecular complexity index is 737. The van der Waals surface area contributed by atoms with Crippen LogP contribution in [-0.4, -0.2) is 21.3 Å². The van der Waals surface area contributed by atoms with Gasteiger partial charge in [-0.3, -0.25) is 0 Å². The molecular weight excluding hydrogens is 379 g/mol. The predicted molar refractivity (Wildman–Crippen MR) is 82.5 cm³/mol. The van der Waals surface area contributed by atoms with Crippen molar-refractivity contribution >= 4 is 33.5 Å². The SMILES string of the molecule is O=C(O)C(O)(Cc1c(O)ccc(Cl)c1Br)c1ccccc1F. The van der Waals surface area contributed by atoms with Gasteiger partial charge in [0.15, 0.2) is 5.60 Å². The molecule has 22 heavy (non-hydrogen) atoms. The second-order valence-electron chi connectivity index (χ2n) is 4.68. The van der Waals surface area contributed by atoms with E-state index in [2.05, 4.69) is 15.9 Å². The second-order valence-corrected chi connectivity index (χ2v) is 5.88. The van der Waals surface area contributed by atoms with Gasteiger partial charge in [-0.25, -0.2) is 9.18 Å². The molecule has 116 valence electrons. The minimum Gasteiger partial charge on any atom is -0.508 e. The van der Waals surface area contributed by atoms with Crippen LogP contribution in [-0.2, 0) is 16.8 Å². The predicted octanol–water partition coefficient (Wildman–Crippen LogP) is 3.46. The zero-order chi connectivity index (χ0) is 16.5. The Morgan fingerprint density at radius 1 is 1.27 bits per heavy atom. The molecule has 3 N–H and O–H groups in total. The highest BCUT2D eigenvalue weighted by Gasteiger charge is 2.41. The van der Waals surface area contributed by atoms with Crippen LogP contribution >= 0.6 is 27.5 Å². The molecule has 2 aromatic carbocycles. The number of carboxylic acid groups (broad SMARTS) is 1. The van der Waals surface area contributed by atoms with Crippen molar-refractivity contribution in [1.29, 1.82) is 0 Å². The summed E-state index contributed by atoms with van der Waals surface area (Å²) in [6.07, 6.45) is -0.559. The number of benzene rings is 2. The molecule has 0 saturated carbocycles. The van der Waals surface area contributed by atoms with Crippen molar-refractivity contribution in [2.24, 2.45) is 0 Å². The third-order valence-corrected chi connectivity index (χ3v) is 4.73. The number of aromatic hydroxyl groups is 1. The molecular formula is C15H11BrClFO4. The van der Waals surface area contributed by atoms with Crippen molar-refractivity contribution in [3.63, 3.8) is 0 Å². The summed E-state index contributed by atoms with van der Waals surface area (Å²) in [5, 5.41) is 30.0. The standard InChI is InChI=1S/C15H11BrClFO4/c16-13-8(12(19)6-5-10(13)17)7-15(22,14(20)21)9-3-1-2-4-11(9)18/h1-6,19,22H,7H2,(H,20,21). The molecule has 4 nitrogen and oxygen atoms in total. The van der Waals surface area contributed by atoms with Crippen molar-refractivity contribution in [3.05, 3.63) is 62.8 Å². The number of hydrogen-bond donors (Lipinski definition) is 3. The molecule has 0 aromatic heterocycles. The topological polar surface area (TPSA) is 77.8 Å². The number of phenolic OH excluding ortho intramolecular Hbond substituents is 1. The summed E-state index contributed by atoms with van der Waals surface area (Å²) in [7, 11) is 0. The van der Waals surface area contributed by atoms with Crippen molar-refractivity contribution < 1.29 is 24.5 Å². The van der Waals surface area contributed by atoms with E-state index in [1.54, 1.807) is 0 Å². The van der Waals surface area contributed by atoms with E-state index in [1.807, 2.05) is 0 Å². The van der Waals surface area contributed by atoms with E-state index in [0.717, 1.165) is 6.07 Å². The van der Waals surface area contributed by atoms with Crippen LogP contribution in [0.1, 0.15) is 11.1 Å². The monoisotopic (exact) mass is 388 g/mol. The number of halogens is 3. The average Bonchev–Trinajstić information content (AvgIpc) is 2.47. The van der Waals surface area contributed by atoms with Crippen LogP contribution in [0.25, 0.3) is 0 Å². The number of aliphatic carboxylic acids is 1. The van der Waals surface area contributed by atoms with Gasteiger partial charge in [-0.1, -0.05) is 29.8 Å². The van der Waals surface area contributed by atoms with Gasteiger partial charge >= 0.3 is 5.97 Å². The molecule has 0 radical (unpaired) electrons. The fourth-order valence-electron chi connectivity index (χ4n) is 2.09. The minimum absolute atomic E-state index is 0.0700. The van der Waals surface area contributed by atoms with Crippen LogP contribution < -0.4 is 0 Å². The summed E-state index contributed by atoms with van der Waals surface area (Å²) in [5.74, 6) is -2.75. The highest BCUT2D eigenvalue weighted by atomic mass is 79.9. The summed E-state index contributed by atoms with van der Waals surface area (Å²) in [4.78, 5) is 11.5.